The van der Waals surface area contributed by atoms with Gasteiger partial charge in [0.15, 0.2) is 0 Å². The molecule has 0 saturated carbocycles. The Bertz CT molecular complexity index is 928. The number of rotatable bonds is 4. The van der Waals surface area contributed by atoms with Gasteiger partial charge in [0.2, 0.25) is 0 Å². The molecule has 1 N–H and O–H groups in total. The van der Waals surface area contributed by atoms with E-state index in [-0.39, 0.29) is 0 Å². The van der Waals surface area contributed by atoms with Crippen LogP contribution < -0.4 is 15.0 Å². The number of aromatic nitrogens is 1. The monoisotopic (exact) mass is 318 g/mol. The number of hydrogen-bond acceptors (Lipinski definition) is 5. The topological polar surface area (TPSA) is 61.2 Å². The van der Waals surface area contributed by atoms with Gasteiger partial charge in [-0.2, -0.15) is 5.26 Å². The first-order chi connectivity index (χ1) is 11.6. The molecule has 0 aliphatic heterocycles. The van der Waals surface area contributed by atoms with Crippen molar-refractivity contribution in [1.29, 1.82) is 5.26 Å². The summed E-state index contributed by atoms with van der Waals surface area (Å²) in [4.78, 5) is 6.40. The summed E-state index contributed by atoms with van der Waals surface area (Å²) < 4.78 is 5.26. The molecule has 3 aromatic rings. The summed E-state index contributed by atoms with van der Waals surface area (Å²) in [7, 11) is 5.60. The van der Waals surface area contributed by atoms with Gasteiger partial charge in [-0.1, -0.05) is 6.07 Å². The van der Waals surface area contributed by atoms with E-state index < -0.39 is 0 Å². The highest BCUT2D eigenvalue weighted by Crippen LogP contribution is 2.32. The lowest BCUT2D eigenvalue weighted by atomic mass is 10.1. The first-order valence-corrected chi connectivity index (χ1v) is 7.53. The minimum Gasteiger partial charge on any atom is -0.497 e. The number of hydrogen-bond donors (Lipinski definition) is 1. The maximum absolute atomic E-state index is 9.47. The summed E-state index contributed by atoms with van der Waals surface area (Å²) in [5.41, 5.74) is 3.99. The van der Waals surface area contributed by atoms with Crippen molar-refractivity contribution < 1.29 is 4.74 Å². The Labute approximate surface area is 141 Å². The minimum absolute atomic E-state index is 0.501. The zero-order valence-corrected chi connectivity index (χ0v) is 13.9. The van der Waals surface area contributed by atoms with Crippen LogP contribution in [0.2, 0.25) is 0 Å². The van der Waals surface area contributed by atoms with E-state index in [1.165, 1.54) is 0 Å². The molecule has 3 rings (SSSR count). The smallest absolute Gasteiger partial charge is 0.120 e. The van der Waals surface area contributed by atoms with Gasteiger partial charge < -0.3 is 15.0 Å². The van der Waals surface area contributed by atoms with Gasteiger partial charge in [0.05, 0.1) is 23.9 Å². The zero-order valence-electron chi connectivity index (χ0n) is 13.9. The number of nitrogens with zero attached hydrogens (tertiary/aromatic N) is 3. The molecular formula is C19H18N4O. The molecular weight excluding hydrogens is 300 g/mol. The van der Waals surface area contributed by atoms with Crippen molar-refractivity contribution in [3.63, 3.8) is 0 Å². The first kappa shape index (κ1) is 15.6. The highest BCUT2D eigenvalue weighted by molar-refractivity contribution is 5.97. The van der Waals surface area contributed by atoms with Crippen molar-refractivity contribution in [3.05, 3.63) is 54.2 Å². The van der Waals surface area contributed by atoms with Gasteiger partial charge in [-0.3, -0.25) is 4.98 Å². The lowest BCUT2D eigenvalue weighted by Crippen LogP contribution is -2.08. The molecule has 0 amide bonds. The maximum atomic E-state index is 9.47. The van der Waals surface area contributed by atoms with E-state index in [4.69, 9.17) is 4.74 Å². The summed E-state index contributed by atoms with van der Waals surface area (Å²) in [6, 6.07) is 15.8. The molecule has 24 heavy (non-hydrogen) atoms. The van der Waals surface area contributed by atoms with Gasteiger partial charge in [-0.25, -0.2) is 0 Å². The fourth-order valence-corrected chi connectivity index (χ4v) is 2.52. The number of benzene rings is 2. The average Bonchev–Trinajstić information content (AvgIpc) is 2.61. The lowest BCUT2D eigenvalue weighted by Gasteiger charge is -2.16. The minimum atomic E-state index is 0.501. The third kappa shape index (κ3) is 2.95. The molecule has 0 bridgehead atoms. The molecule has 0 unspecified atom stereocenters. The van der Waals surface area contributed by atoms with Crippen LogP contribution in [-0.4, -0.2) is 26.2 Å². The second-order valence-electron chi connectivity index (χ2n) is 5.61. The predicted octanol–water partition coefficient (Wildman–Crippen LogP) is 3.92. The Hall–Kier alpha value is -3.26. The van der Waals surface area contributed by atoms with Crippen LogP contribution in [0.3, 0.4) is 0 Å². The molecule has 1 aromatic heterocycles. The molecule has 120 valence electrons. The highest BCUT2D eigenvalue weighted by Gasteiger charge is 2.11. The van der Waals surface area contributed by atoms with E-state index in [1.54, 1.807) is 13.3 Å². The van der Waals surface area contributed by atoms with E-state index in [1.807, 2.05) is 61.5 Å². The molecule has 5 nitrogen and oxygen atoms in total. The van der Waals surface area contributed by atoms with Crippen molar-refractivity contribution in [2.24, 2.45) is 0 Å². The number of nitrogens with one attached hydrogen (secondary N) is 1. The van der Waals surface area contributed by atoms with E-state index >= 15 is 0 Å². The van der Waals surface area contributed by atoms with Crippen LogP contribution in [0.1, 0.15) is 5.56 Å². The quantitative estimate of drug-likeness (QED) is 0.790. The maximum Gasteiger partial charge on any atom is 0.120 e. The number of ether oxygens (including phenoxy) is 1. The van der Waals surface area contributed by atoms with E-state index in [0.717, 1.165) is 33.7 Å². The fraction of sp³-hybridized carbons (Fsp3) is 0.158. The largest absolute Gasteiger partial charge is 0.497 e. The van der Waals surface area contributed by atoms with Crippen molar-refractivity contribution in [1.82, 2.24) is 4.98 Å². The average molecular weight is 318 g/mol. The molecule has 0 radical (unpaired) electrons. The molecule has 0 spiro atoms. The van der Waals surface area contributed by atoms with Gasteiger partial charge >= 0.3 is 0 Å². The van der Waals surface area contributed by atoms with Crippen LogP contribution in [0, 0.1) is 11.3 Å². The second kappa shape index (κ2) is 6.47. The Morgan fingerprint density at radius 3 is 2.71 bits per heavy atom. The van der Waals surface area contributed by atoms with Gasteiger partial charge in [-0.05, 0) is 30.3 Å². The van der Waals surface area contributed by atoms with Crippen LogP contribution in [0.25, 0.3) is 10.9 Å². The Balaban J connectivity index is 2.16. The fourth-order valence-electron chi connectivity index (χ4n) is 2.52. The van der Waals surface area contributed by atoms with Crippen molar-refractivity contribution >= 4 is 28.0 Å². The molecule has 0 aliphatic carbocycles. The summed E-state index contributed by atoms with van der Waals surface area (Å²) >= 11 is 0. The zero-order chi connectivity index (χ0) is 17.1. The number of nitriles is 1. The summed E-state index contributed by atoms with van der Waals surface area (Å²) in [6.45, 7) is 0. The van der Waals surface area contributed by atoms with Gasteiger partial charge in [0, 0.05) is 43.1 Å². The van der Waals surface area contributed by atoms with Crippen molar-refractivity contribution in [2.75, 3.05) is 31.4 Å². The SMILES string of the molecule is COc1cccc(Nc2c(C#N)cnc3ccc(N(C)C)cc23)c1. The van der Waals surface area contributed by atoms with Crippen LogP contribution in [0.15, 0.2) is 48.7 Å². The number of pyridine rings is 1. The summed E-state index contributed by atoms with van der Waals surface area (Å²) in [5, 5.41) is 13.7. The van der Waals surface area contributed by atoms with E-state index in [9.17, 15) is 5.26 Å². The van der Waals surface area contributed by atoms with Crippen LogP contribution in [0.4, 0.5) is 17.1 Å². The van der Waals surface area contributed by atoms with Gasteiger partial charge in [-0.15, -0.1) is 0 Å². The van der Waals surface area contributed by atoms with Gasteiger partial charge in [0.25, 0.3) is 0 Å². The Morgan fingerprint density at radius 2 is 2.00 bits per heavy atom. The summed E-state index contributed by atoms with van der Waals surface area (Å²) in [5.74, 6) is 0.755. The molecule has 0 fully saturated rings. The molecule has 5 heteroatoms. The van der Waals surface area contributed by atoms with Crippen LogP contribution in [-0.2, 0) is 0 Å². The number of fused-ring (bicyclic) bond motifs is 1. The van der Waals surface area contributed by atoms with Gasteiger partial charge in [0.1, 0.15) is 11.8 Å². The second-order valence-corrected chi connectivity index (χ2v) is 5.61. The molecule has 0 atom stereocenters. The Kier molecular flexibility index (Phi) is 4.21. The highest BCUT2D eigenvalue weighted by atomic mass is 16.5. The summed E-state index contributed by atoms with van der Waals surface area (Å²) in [6.07, 6.45) is 1.60. The number of anilines is 3. The molecule has 0 saturated heterocycles. The van der Waals surface area contributed by atoms with Crippen LogP contribution >= 0.6 is 0 Å². The third-order valence-corrected chi connectivity index (χ3v) is 3.83. The molecule has 0 aliphatic rings. The third-order valence-electron chi connectivity index (χ3n) is 3.83. The van der Waals surface area contributed by atoms with E-state index in [0.29, 0.717) is 5.56 Å². The Morgan fingerprint density at radius 1 is 1.17 bits per heavy atom. The van der Waals surface area contributed by atoms with Crippen LogP contribution in [0.5, 0.6) is 5.75 Å². The lowest BCUT2D eigenvalue weighted by molar-refractivity contribution is 0.415. The van der Waals surface area contributed by atoms with Crippen molar-refractivity contribution in [3.8, 4) is 11.8 Å². The normalized spacial score (nSPS) is 10.2. The standard InChI is InChI=1S/C19H18N4O/c1-23(2)15-7-8-18-17(10-15)19(13(11-20)12-21-18)22-14-5-4-6-16(9-14)24-3/h4-10,12H,1-3H3,(H,21,22). The van der Waals surface area contributed by atoms with Crippen molar-refractivity contribution in [2.45, 2.75) is 0 Å². The predicted molar refractivity (Wildman–Crippen MR) is 97.1 cm³/mol. The number of methoxy groups -OCH3 is 1. The first-order valence-electron chi connectivity index (χ1n) is 7.53. The van der Waals surface area contributed by atoms with E-state index in [2.05, 4.69) is 16.4 Å². The molecule has 1 heterocycles. The molecule has 2 aromatic carbocycles.